The Morgan fingerprint density at radius 3 is 2.78 bits per heavy atom. The van der Waals surface area contributed by atoms with Gasteiger partial charge >= 0.3 is 0 Å². The molecule has 1 saturated carbocycles. The highest BCUT2D eigenvalue weighted by Gasteiger charge is 2.59. The molecular weight excluding hydrogens is 387 g/mol. The van der Waals surface area contributed by atoms with Crippen molar-refractivity contribution in [3.05, 3.63) is 46.6 Å². The van der Waals surface area contributed by atoms with Gasteiger partial charge < -0.3 is 9.80 Å². The van der Waals surface area contributed by atoms with Crippen LogP contribution in [-0.2, 0) is 16.8 Å². The van der Waals surface area contributed by atoms with Crippen LogP contribution in [0.15, 0.2) is 24.4 Å². The van der Waals surface area contributed by atoms with Gasteiger partial charge in [0.15, 0.2) is 0 Å². The van der Waals surface area contributed by atoms with Crippen molar-refractivity contribution in [3.63, 3.8) is 0 Å². The van der Waals surface area contributed by atoms with Gasteiger partial charge in [0.05, 0.1) is 17.6 Å². The van der Waals surface area contributed by atoms with Gasteiger partial charge in [0.2, 0.25) is 11.2 Å². The fourth-order valence-corrected chi connectivity index (χ4v) is 5.12. The third kappa shape index (κ3) is 2.79. The molecule has 2 aromatic rings. The molecule has 0 unspecified atom stereocenters. The molecule has 1 aromatic carbocycles. The van der Waals surface area contributed by atoms with Crippen LogP contribution < -0.4 is 9.80 Å². The molecular formula is C19H18ClFN4OS. The maximum atomic E-state index is 13.9. The van der Waals surface area contributed by atoms with Gasteiger partial charge in [-0.2, -0.15) is 11.8 Å². The normalized spacial score (nSPS) is 20.3. The molecule has 0 N–H and O–H groups in total. The first-order chi connectivity index (χ1) is 13.1. The van der Waals surface area contributed by atoms with Crippen molar-refractivity contribution in [2.24, 2.45) is 0 Å². The second-order valence-electron chi connectivity index (χ2n) is 7.22. The lowest BCUT2D eigenvalue weighted by atomic mass is 9.98. The lowest BCUT2D eigenvalue weighted by Gasteiger charge is -2.30. The Morgan fingerprint density at radius 1 is 1.26 bits per heavy atom. The average molecular weight is 405 g/mol. The number of benzene rings is 1. The van der Waals surface area contributed by atoms with E-state index in [-0.39, 0.29) is 17.0 Å². The Balaban J connectivity index is 1.53. The van der Waals surface area contributed by atoms with E-state index in [0.717, 1.165) is 54.4 Å². The summed E-state index contributed by atoms with van der Waals surface area (Å²) in [6, 6.07) is 4.67. The van der Waals surface area contributed by atoms with Crippen molar-refractivity contribution in [3.8, 4) is 0 Å². The minimum Gasteiger partial charge on any atom is -0.355 e. The van der Waals surface area contributed by atoms with E-state index in [4.69, 9.17) is 11.6 Å². The molecule has 3 aliphatic rings. The zero-order valence-corrected chi connectivity index (χ0v) is 16.2. The number of aromatic nitrogens is 2. The van der Waals surface area contributed by atoms with E-state index in [2.05, 4.69) is 14.9 Å². The number of anilines is 2. The standard InChI is InChI=1S/C19H18ClFN4OS/c20-18-22-10-12(16(23-18)24-5-7-27-8-6-24)11-25-15-9-13(21)1-2-14(15)19(3-4-19)17(25)26/h1-2,9-10H,3-8,11H2. The number of rotatable bonds is 3. The second kappa shape index (κ2) is 6.34. The predicted octanol–water partition coefficient (Wildman–Crippen LogP) is 3.40. The third-order valence-corrected chi connectivity index (χ3v) is 6.75. The molecule has 0 radical (unpaired) electrons. The monoisotopic (exact) mass is 404 g/mol. The summed E-state index contributed by atoms with van der Waals surface area (Å²) in [5.74, 6) is 2.56. The maximum absolute atomic E-state index is 13.9. The summed E-state index contributed by atoms with van der Waals surface area (Å²) in [6.07, 6.45) is 3.35. The first-order valence-electron chi connectivity index (χ1n) is 9.05. The molecule has 0 atom stereocenters. The largest absolute Gasteiger partial charge is 0.355 e. The number of thioether (sulfide) groups is 1. The number of hydrogen-bond donors (Lipinski definition) is 0. The molecule has 1 aromatic heterocycles. The van der Waals surface area contributed by atoms with Crippen molar-refractivity contribution in [1.82, 2.24) is 9.97 Å². The highest BCUT2D eigenvalue weighted by atomic mass is 35.5. The van der Waals surface area contributed by atoms with Crippen LogP contribution in [0.2, 0.25) is 5.28 Å². The van der Waals surface area contributed by atoms with Crippen molar-refractivity contribution in [2.75, 3.05) is 34.4 Å². The van der Waals surface area contributed by atoms with Crippen LogP contribution in [0, 0.1) is 5.82 Å². The van der Waals surface area contributed by atoms with E-state index in [9.17, 15) is 9.18 Å². The Bertz CT molecular complexity index is 930. The fraction of sp³-hybridized carbons (Fsp3) is 0.421. The Morgan fingerprint density at radius 2 is 2.04 bits per heavy atom. The SMILES string of the molecule is O=C1N(Cc2cnc(Cl)nc2N2CCSCC2)c2cc(F)ccc2C12CC2. The minimum absolute atomic E-state index is 0.0539. The Labute approximate surface area is 165 Å². The van der Waals surface area contributed by atoms with Gasteiger partial charge in [0, 0.05) is 36.4 Å². The van der Waals surface area contributed by atoms with Crippen LogP contribution in [0.25, 0.3) is 0 Å². The van der Waals surface area contributed by atoms with Gasteiger partial charge in [0.25, 0.3) is 0 Å². The molecule has 8 heteroatoms. The van der Waals surface area contributed by atoms with Gasteiger partial charge in [-0.25, -0.2) is 14.4 Å². The zero-order valence-electron chi connectivity index (χ0n) is 14.6. The van der Waals surface area contributed by atoms with Crippen LogP contribution >= 0.6 is 23.4 Å². The molecule has 1 saturated heterocycles. The van der Waals surface area contributed by atoms with Crippen LogP contribution in [0.4, 0.5) is 15.9 Å². The van der Waals surface area contributed by atoms with E-state index < -0.39 is 5.41 Å². The maximum Gasteiger partial charge on any atom is 0.238 e. The van der Waals surface area contributed by atoms with Gasteiger partial charge in [-0.1, -0.05) is 6.07 Å². The smallest absolute Gasteiger partial charge is 0.238 e. The first kappa shape index (κ1) is 17.3. The zero-order chi connectivity index (χ0) is 18.6. The number of amides is 1. The summed E-state index contributed by atoms with van der Waals surface area (Å²) < 4.78 is 13.9. The highest BCUT2D eigenvalue weighted by molar-refractivity contribution is 7.99. The van der Waals surface area contributed by atoms with Crippen LogP contribution in [0.5, 0.6) is 0 Å². The number of hydrogen-bond acceptors (Lipinski definition) is 5. The van der Waals surface area contributed by atoms with Crippen LogP contribution in [-0.4, -0.2) is 40.5 Å². The minimum atomic E-state index is -0.446. The number of carbonyl (C=O) groups is 1. The quantitative estimate of drug-likeness (QED) is 0.734. The van der Waals surface area contributed by atoms with Crippen molar-refractivity contribution in [2.45, 2.75) is 24.8 Å². The van der Waals surface area contributed by atoms with Crippen molar-refractivity contribution >= 4 is 40.8 Å². The molecule has 5 rings (SSSR count). The van der Waals surface area contributed by atoms with E-state index in [1.165, 1.54) is 12.1 Å². The number of halogens is 2. The lowest BCUT2D eigenvalue weighted by Crippen LogP contribution is -2.36. The van der Waals surface area contributed by atoms with Gasteiger partial charge in [-0.15, -0.1) is 0 Å². The fourth-order valence-electron chi connectivity index (χ4n) is 4.09. The summed E-state index contributed by atoms with van der Waals surface area (Å²) in [5, 5.41) is 0.199. The molecule has 2 aliphatic heterocycles. The highest BCUT2D eigenvalue weighted by Crippen LogP contribution is 2.57. The second-order valence-corrected chi connectivity index (χ2v) is 8.78. The molecule has 140 valence electrons. The number of fused-ring (bicyclic) bond motifs is 2. The molecule has 1 spiro atoms. The number of nitrogens with zero attached hydrogens (tertiary/aromatic N) is 4. The summed E-state index contributed by atoms with van der Waals surface area (Å²) in [7, 11) is 0. The number of carbonyl (C=O) groups excluding carboxylic acids is 1. The summed E-state index contributed by atoms with van der Waals surface area (Å²) in [6.45, 7) is 2.09. The predicted molar refractivity (Wildman–Crippen MR) is 105 cm³/mol. The molecule has 5 nitrogen and oxygen atoms in total. The Hall–Kier alpha value is -1.86. The molecule has 0 bridgehead atoms. The summed E-state index contributed by atoms with van der Waals surface area (Å²) in [5.41, 5.74) is 2.01. The molecule has 2 fully saturated rings. The summed E-state index contributed by atoms with van der Waals surface area (Å²) in [4.78, 5) is 25.6. The van der Waals surface area contributed by atoms with E-state index in [0.29, 0.717) is 12.2 Å². The topological polar surface area (TPSA) is 49.3 Å². The van der Waals surface area contributed by atoms with Crippen LogP contribution in [0.1, 0.15) is 24.0 Å². The van der Waals surface area contributed by atoms with E-state index in [1.54, 1.807) is 17.2 Å². The molecule has 3 heterocycles. The molecule has 1 aliphatic carbocycles. The van der Waals surface area contributed by atoms with Gasteiger partial charge in [-0.3, -0.25) is 4.79 Å². The lowest BCUT2D eigenvalue weighted by molar-refractivity contribution is -0.120. The van der Waals surface area contributed by atoms with Gasteiger partial charge in [-0.05, 0) is 42.1 Å². The average Bonchev–Trinajstić information content (AvgIpc) is 3.45. The van der Waals surface area contributed by atoms with Gasteiger partial charge in [0.1, 0.15) is 11.6 Å². The van der Waals surface area contributed by atoms with Crippen LogP contribution in [0.3, 0.4) is 0 Å². The van der Waals surface area contributed by atoms with E-state index in [1.807, 2.05) is 11.8 Å². The van der Waals surface area contributed by atoms with Crippen molar-refractivity contribution < 1.29 is 9.18 Å². The molecule has 27 heavy (non-hydrogen) atoms. The van der Waals surface area contributed by atoms with Crippen molar-refractivity contribution in [1.29, 1.82) is 0 Å². The molecule has 1 amide bonds. The third-order valence-electron chi connectivity index (χ3n) is 5.62. The first-order valence-corrected chi connectivity index (χ1v) is 10.6. The van der Waals surface area contributed by atoms with E-state index >= 15 is 0 Å². The summed E-state index contributed by atoms with van der Waals surface area (Å²) >= 11 is 7.97. The Kier molecular flexibility index (Phi) is 4.05.